The molecule has 4 heteroatoms. The molecule has 1 unspecified atom stereocenters. The third kappa shape index (κ3) is 1.66. The molecule has 0 saturated heterocycles. The maximum atomic E-state index is 10.5. The summed E-state index contributed by atoms with van der Waals surface area (Å²) >= 11 is -2.95. The molecule has 0 aliphatic heterocycles. The second kappa shape index (κ2) is 2.95. The first kappa shape index (κ1) is 7.45. The summed E-state index contributed by atoms with van der Waals surface area (Å²) in [5.41, 5.74) is 5.90. The Labute approximate surface area is 63.3 Å². The molecule has 0 aliphatic carbocycles. The van der Waals surface area contributed by atoms with Gasteiger partial charge in [0.25, 0.3) is 0 Å². The van der Waals surface area contributed by atoms with E-state index in [1.807, 2.05) is 0 Å². The van der Waals surface area contributed by atoms with Crippen LogP contribution in [0.4, 0.5) is 5.69 Å². The van der Waals surface area contributed by atoms with E-state index in [2.05, 4.69) is 0 Å². The molecule has 1 aromatic carbocycles. The van der Waals surface area contributed by atoms with Gasteiger partial charge in [0.2, 0.25) is 0 Å². The number of benzene rings is 1. The molecule has 0 bridgehead atoms. The van der Waals surface area contributed by atoms with E-state index in [-0.39, 0.29) is 0 Å². The van der Waals surface area contributed by atoms with Crippen LogP contribution in [0, 0.1) is 0 Å². The molecule has 0 amide bonds. The molecule has 10 heavy (non-hydrogen) atoms. The molecular weight excluding hydrogens is 193 g/mol. The Morgan fingerprint density at radius 3 is 2.60 bits per heavy atom. The molecular formula is C6H7AsNO2. The molecule has 0 aliphatic rings. The second-order valence-electron chi connectivity index (χ2n) is 1.87. The van der Waals surface area contributed by atoms with Gasteiger partial charge in [-0.2, -0.15) is 0 Å². The summed E-state index contributed by atoms with van der Waals surface area (Å²) in [7, 11) is 0. The third-order valence-corrected chi connectivity index (χ3v) is 2.60. The average Bonchev–Trinajstić information content (AvgIpc) is 1.88. The number of nitrogen functional groups attached to an aromatic ring is 1. The van der Waals surface area contributed by atoms with Gasteiger partial charge < -0.3 is 0 Å². The van der Waals surface area contributed by atoms with Gasteiger partial charge in [-0.3, -0.25) is 0 Å². The minimum atomic E-state index is -2.95. The zero-order valence-electron chi connectivity index (χ0n) is 5.19. The maximum absolute atomic E-state index is 10.5. The molecule has 0 fully saturated rings. The fraction of sp³-hybridized carbons (Fsp3) is 0. The third-order valence-electron chi connectivity index (χ3n) is 1.09. The molecule has 1 radical (unpaired) electrons. The van der Waals surface area contributed by atoms with Crippen molar-refractivity contribution in [3.63, 3.8) is 0 Å². The van der Waals surface area contributed by atoms with Gasteiger partial charge >= 0.3 is 62.8 Å². The van der Waals surface area contributed by atoms with Crippen molar-refractivity contribution in [2.24, 2.45) is 0 Å². The predicted molar refractivity (Wildman–Crippen MR) is 39.1 cm³/mol. The Morgan fingerprint density at radius 2 is 2.20 bits per heavy atom. The monoisotopic (exact) mass is 200 g/mol. The standard InChI is InChI=1S/C6H7AsNO2/c8-6-3-1-2-5(4-6)7(9)10/h1-4H,8H2,(H,9,10). The van der Waals surface area contributed by atoms with E-state index in [0.29, 0.717) is 10.0 Å². The van der Waals surface area contributed by atoms with Crippen molar-refractivity contribution in [2.45, 2.75) is 0 Å². The van der Waals surface area contributed by atoms with Crippen molar-refractivity contribution in [1.82, 2.24) is 0 Å². The van der Waals surface area contributed by atoms with Crippen LogP contribution in [0.15, 0.2) is 24.3 Å². The Kier molecular flexibility index (Phi) is 2.20. The zero-order valence-corrected chi connectivity index (χ0v) is 7.07. The Hall–Kier alpha value is -0.662. The van der Waals surface area contributed by atoms with Crippen LogP contribution in [0.1, 0.15) is 0 Å². The first-order valence-electron chi connectivity index (χ1n) is 2.72. The van der Waals surface area contributed by atoms with Crippen molar-refractivity contribution < 1.29 is 7.84 Å². The summed E-state index contributed by atoms with van der Waals surface area (Å²) in [6, 6.07) is 6.47. The molecule has 3 nitrogen and oxygen atoms in total. The Morgan fingerprint density at radius 1 is 1.50 bits per heavy atom. The molecule has 53 valence electrons. The first-order chi connectivity index (χ1) is 4.70. The van der Waals surface area contributed by atoms with Gasteiger partial charge in [0.15, 0.2) is 0 Å². The number of anilines is 1. The molecule has 0 aromatic heterocycles. The Balaban J connectivity index is 3.07. The SMILES string of the molecule is Nc1cccc([As](=O)O)c1. The van der Waals surface area contributed by atoms with Crippen molar-refractivity contribution in [2.75, 3.05) is 5.73 Å². The van der Waals surface area contributed by atoms with Crippen LogP contribution in [0.3, 0.4) is 0 Å². The molecule has 0 heterocycles. The Bertz CT molecular complexity index is 262. The molecule has 1 atom stereocenters. The van der Waals surface area contributed by atoms with Gasteiger partial charge in [-0.15, -0.1) is 0 Å². The van der Waals surface area contributed by atoms with Gasteiger partial charge in [-0.25, -0.2) is 0 Å². The predicted octanol–water partition coefficient (Wildman–Crippen LogP) is -0.613. The number of hydrogen-bond acceptors (Lipinski definition) is 2. The van der Waals surface area contributed by atoms with Crippen molar-refractivity contribution in [1.29, 1.82) is 0 Å². The molecule has 0 saturated carbocycles. The molecule has 1 rings (SSSR count). The van der Waals surface area contributed by atoms with Crippen LogP contribution in [-0.4, -0.2) is 19.0 Å². The number of rotatable bonds is 1. The molecule has 0 spiro atoms. The first-order valence-corrected chi connectivity index (χ1v) is 5.26. The van der Waals surface area contributed by atoms with E-state index < -0.39 is 14.9 Å². The fourth-order valence-corrected chi connectivity index (χ4v) is 1.64. The van der Waals surface area contributed by atoms with Crippen LogP contribution in [-0.2, 0) is 3.74 Å². The number of hydrogen-bond donors (Lipinski definition) is 2. The van der Waals surface area contributed by atoms with E-state index in [1.54, 1.807) is 18.2 Å². The van der Waals surface area contributed by atoms with Crippen LogP contribution < -0.4 is 10.1 Å². The second-order valence-corrected chi connectivity index (χ2v) is 4.10. The topological polar surface area (TPSA) is 63.3 Å². The summed E-state index contributed by atoms with van der Waals surface area (Å²) < 4.78 is 19.7. The quantitative estimate of drug-likeness (QED) is 0.469. The van der Waals surface area contributed by atoms with Crippen LogP contribution in [0.2, 0.25) is 0 Å². The van der Waals surface area contributed by atoms with Gasteiger partial charge in [-0.1, -0.05) is 0 Å². The van der Waals surface area contributed by atoms with Crippen molar-refractivity contribution in [3.05, 3.63) is 24.3 Å². The summed E-state index contributed by atoms with van der Waals surface area (Å²) in [6.45, 7) is 0. The zero-order chi connectivity index (χ0) is 7.56. The summed E-state index contributed by atoms with van der Waals surface area (Å²) in [4.78, 5) is 0. The normalized spacial score (nSPS) is 11.1. The van der Waals surface area contributed by atoms with Crippen molar-refractivity contribution >= 4 is 25.0 Å². The van der Waals surface area contributed by atoms with Gasteiger partial charge in [0.1, 0.15) is 0 Å². The van der Waals surface area contributed by atoms with Crippen LogP contribution in [0.5, 0.6) is 0 Å². The van der Waals surface area contributed by atoms with E-state index in [4.69, 9.17) is 9.83 Å². The van der Waals surface area contributed by atoms with E-state index in [0.717, 1.165) is 0 Å². The van der Waals surface area contributed by atoms with Crippen LogP contribution in [0.25, 0.3) is 0 Å². The number of nitrogens with two attached hydrogens (primary N) is 1. The van der Waals surface area contributed by atoms with Gasteiger partial charge in [0.05, 0.1) is 0 Å². The summed E-state index contributed by atoms with van der Waals surface area (Å²) in [6.07, 6.45) is 0. The van der Waals surface area contributed by atoms with Gasteiger partial charge in [-0.05, 0) is 0 Å². The van der Waals surface area contributed by atoms with Gasteiger partial charge in [0, 0.05) is 0 Å². The fourth-order valence-electron chi connectivity index (χ4n) is 0.644. The van der Waals surface area contributed by atoms with E-state index in [9.17, 15) is 3.74 Å². The average molecular weight is 200 g/mol. The summed E-state index contributed by atoms with van der Waals surface area (Å²) in [5, 5.41) is 0. The summed E-state index contributed by atoms with van der Waals surface area (Å²) in [5.74, 6) is 0. The van der Waals surface area contributed by atoms with Crippen LogP contribution >= 0.6 is 0 Å². The van der Waals surface area contributed by atoms with E-state index >= 15 is 0 Å². The minimum absolute atomic E-state index is 0.451. The van der Waals surface area contributed by atoms with Crippen molar-refractivity contribution in [3.8, 4) is 0 Å². The van der Waals surface area contributed by atoms with E-state index in [1.165, 1.54) is 6.07 Å². The molecule has 1 aromatic rings. The molecule has 3 N–H and O–H groups in total.